The molecule has 1 aliphatic heterocycles. The lowest BCUT2D eigenvalue weighted by molar-refractivity contribution is -0.167. The Morgan fingerprint density at radius 1 is 0.969 bits per heavy atom. The van der Waals surface area contributed by atoms with Crippen LogP contribution in [-0.2, 0) is 23.9 Å². The highest BCUT2D eigenvalue weighted by Crippen LogP contribution is 2.11. The summed E-state index contributed by atoms with van der Waals surface area (Å²) in [5, 5.41) is 2.53. The number of allylic oxidation sites excluding steroid dienone is 4. The molecule has 1 amide bonds. The van der Waals surface area contributed by atoms with Gasteiger partial charge in [0.25, 0.3) is 0 Å². The van der Waals surface area contributed by atoms with Crippen LogP contribution in [0.1, 0.15) is 104 Å². The van der Waals surface area contributed by atoms with Gasteiger partial charge < -0.3 is 14.8 Å². The smallest absolute Gasteiger partial charge is 0.347 e. The molecule has 0 aliphatic carbocycles. The van der Waals surface area contributed by atoms with Crippen LogP contribution in [-0.4, -0.2) is 36.6 Å². The van der Waals surface area contributed by atoms with Crippen molar-refractivity contribution >= 4 is 17.8 Å². The van der Waals surface area contributed by atoms with Crippen molar-refractivity contribution in [2.75, 3.05) is 6.61 Å². The zero-order valence-corrected chi connectivity index (χ0v) is 20.1. The molecule has 0 aromatic heterocycles. The molecule has 1 saturated heterocycles. The first kappa shape index (κ1) is 27.9. The van der Waals surface area contributed by atoms with Crippen molar-refractivity contribution in [3.8, 4) is 0 Å². The fourth-order valence-electron chi connectivity index (χ4n) is 3.48. The summed E-state index contributed by atoms with van der Waals surface area (Å²) in [5.41, 5.74) is 0. The topological polar surface area (TPSA) is 81.7 Å². The maximum Gasteiger partial charge on any atom is 0.347 e. The molecule has 6 nitrogen and oxygen atoms in total. The van der Waals surface area contributed by atoms with E-state index in [-0.39, 0.29) is 5.91 Å². The second-order valence-electron chi connectivity index (χ2n) is 8.49. The summed E-state index contributed by atoms with van der Waals surface area (Å²) in [6.45, 7) is 4.07. The van der Waals surface area contributed by atoms with Gasteiger partial charge in [0, 0.05) is 6.42 Å². The van der Waals surface area contributed by atoms with E-state index in [0.29, 0.717) is 19.4 Å². The highest BCUT2D eigenvalue weighted by molar-refractivity contribution is 5.89. The van der Waals surface area contributed by atoms with Crippen molar-refractivity contribution in [1.29, 1.82) is 0 Å². The summed E-state index contributed by atoms with van der Waals surface area (Å²) in [7, 11) is 0. The van der Waals surface area contributed by atoms with Crippen LogP contribution in [0.15, 0.2) is 24.3 Å². The maximum absolute atomic E-state index is 11.9. The predicted octanol–water partition coefficient (Wildman–Crippen LogP) is 5.55. The van der Waals surface area contributed by atoms with Gasteiger partial charge in [0.05, 0.1) is 6.61 Å². The minimum absolute atomic E-state index is 0.167. The summed E-state index contributed by atoms with van der Waals surface area (Å²) in [4.78, 5) is 35.0. The molecule has 1 aliphatic rings. The number of ether oxygens (including phenoxy) is 2. The number of rotatable bonds is 18. The Balaban J connectivity index is 1.90. The lowest BCUT2D eigenvalue weighted by Gasteiger charge is -2.15. The predicted molar refractivity (Wildman–Crippen MR) is 127 cm³/mol. The van der Waals surface area contributed by atoms with Crippen LogP contribution in [0.25, 0.3) is 0 Å². The Labute approximate surface area is 194 Å². The number of esters is 2. The van der Waals surface area contributed by atoms with Crippen LogP contribution in [0.4, 0.5) is 0 Å². The van der Waals surface area contributed by atoms with Crippen LogP contribution in [0.5, 0.6) is 0 Å². The molecule has 0 saturated carbocycles. The van der Waals surface area contributed by atoms with E-state index in [0.717, 1.165) is 32.1 Å². The molecule has 1 rings (SSSR count). The van der Waals surface area contributed by atoms with Gasteiger partial charge in [0.15, 0.2) is 6.10 Å². The van der Waals surface area contributed by atoms with Crippen LogP contribution in [0.3, 0.4) is 0 Å². The molecular weight excluding hydrogens is 406 g/mol. The van der Waals surface area contributed by atoms with Gasteiger partial charge >= 0.3 is 11.9 Å². The van der Waals surface area contributed by atoms with E-state index in [9.17, 15) is 14.4 Å². The molecule has 1 unspecified atom stereocenters. The summed E-state index contributed by atoms with van der Waals surface area (Å²) >= 11 is 0. The van der Waals surface area contributed by atoms with Gasteiger partial charge in [-0.1, -0.05) is 69.8 Å². The van der Waals surface area contributed by atoms with Gasteiger partial charge in [-0.3, -0.25) is 4.79 Å². The van der Waals surface area contributed by atoms with E-state index in [1.54, 1.807) is 0 Å². The quantitative estimate of drug-likeness (QED) is 0.168. The fraction of sp³-hybridized carbons (Fsp3) is 0.731. The Bertz CT molecular complexity index is 599. The normalized spacial score (nSPS) is 17.1. The van der Waals surface area contributed by atoms with Crippen LogP contribution >= 0.6 is 0 Å². The van der Waals surface area contributed by atoms with E-state index >= 15 is 0 Å². The molecule has 1 heterocycles. The molecule has 0 aromatic rings. The number of carbonyl (C=O) groups is 3. The standard InChI is InChI=1S/C26H43NO5/c1-3-4-5-6-7-8-9-10-11-12-13-14-15-16-17-18-21-31-25(29)22(2)32-26(30)23-19-20-24(28)27-23/h7-8,10-11,22-23H,3-6,9,12-21H2,1-2H3,(H,27,28)/t22?,23-/m0/s1. The van der Waals surface area contributed by atoms with Crippen molar-refractivity contribution in [1.82, 2.24) is 5.32 Å². The zero-order chi connectivity index (χ0) is 23.4. The minimum atomic E-state index is -0.954. The van der Waals surface area contributed by atoms with Gasteiger partial charge in [-0.2, -0.15) is 0 Å². The molecule has 0 aromatic carbocycles. The van der Waals surface area contributed by atoms with E-state index in [2.05, 4.69) is 36.5 Å². The molecule has 6 heteroatoms. The highest BCUT2D eigenvalue weighted by atomic mass is 16.6. The van der Waals surface area contributed by atoms with E-state index in [1.807, 2.05) is 0 Å². The van der Waals surface area contributed by atoms with E-state index in [4.69, 9.17) is 9.47 Å². The minimum Gasteiger partial charge on any atom is -0.463 e. The number of amides is 1. The monoisotopic (exact) mass is 449 g/mol. The Kier molecular flexibility index (Phi) is 16.1. The third-order valence-electron chi connectivity index (χ3n) is 5.49. The van der Waals surface area contributed by atoms with Crippen LogP contribution in [0.2, 0.25) is 0 Å². The molecule has 32 heavy (non-hydrogen) atoms. The lowest BCUT2D eigenvalue weighted by atomic mass is 10.1. The van der Waals surface area contributed by atoms with Crippen LogP contribution in [0, 0.1) is 0 Å². The molecule has 0 spiro atoms. The van der Waals surface area contributed by atoms with Gasteiger partial charge in [-0.25, -0.2) is 9.59 Å². The van der Waals surface area contributed by atoms with Crippen molar-refractivity contribution in [2.24, 2.45) is 0 Å². The molecule has 0 radical (unpaired) electrons. The summed E-state index contributed by atoms with van der Waals surface area (Å²) in [6, 6.07) is -0.648. The number of nitrogens with one attached hydrogen (secondary N) is 1. The van der Waals surface area contributed by atoms with Crippen molar-refractivity contribution < 1.29 is 23.9 Å². The molecule has 1 fully saturated rings. The first-order chi connectivity index (χ1) is 15.5. The van der Waals surface area contributed by atoms with Gasteiger partial charge in [-0.15, -0.1) is 0 Å². The second kappa shape index (κ2) is 18.5. The fourth-order valence-corrected chi connectivity index (χ4v) is 3.48. The average molecular weight is 450 g/mol. The summed E-state index contributed by atoms with van der Waals surface area (Å²) < 4.78 is 10.3. The third-order valence-corrected chi connectivity index (χ3v) is 5.49. The molecule has 1 N–H and O–H groups in total. The third kappa shape index (κ3) is 14.0. The Hall–Kier alpha value is -2.11. The first-order valence-corrected chi connectivity index (χ1v) is 12.5. The average Bonchev–Trinajstić information content (AvgIpc) is 3.22. The first-order valence-electron chi connectivity index (χ1n) is 12.5. The second-order valence-corrected chi connectivity index (χ2v) is 8.49. The molecule has 182 valence electrons. The van der Waals surface area contributed by atoms with Gasteiger partial charge in [-0.05, 0) is 51.9 Å². The van der Waals surface area contributed by atoms with E-state index in [1.165, 1.54) is 51.9 Å². The largest absolute Gasteiger partial charge is 0.463 e. The van der Waals surface area contributed by atoms with Crippen molar-refractivity contribution in [3.63, 3.8) is 0 Å². The van der Waals surface area contributed by atoms with Crippen LogP contribution < -0.4 is 5.32 Å². The maximum atomic E-state index is 11.9. The van der Waals surface area contributed by atoms with Crippen molar-refractivity contribution in [3.05, 3.63) is 24.3 Å². The Morgan fingerprint density at radius 3 is 2.22 bits per heavy atom. The zero-order valence-electron chi connectivity index (χ0n) is 20.1. The lowest BCUT2D eigenvalue weighted by Crippen LogP contribution is -2.38. The molecule has 0 bridgehead atoms. The molecule has 2 atom stereocenters. The number of hydrogen-bond donors (Lipinski definition) is 1. The SMILES string of the molecule is CCCCCC=CCC=CCCCCCCCCOC(=O)C(C)OC(=O)[C@@H]1CCC(=O)N1. The number of hydrogen-bond acceptors (Lipinski definition) is 5. The highest BCUT2D eigenvalue weighted by Gasteiger charge is 2.31. The Morgan fingerprint density at radius 2 is 1.59 bits per heavy atom. The van der Waals surface area contributed by atoms with Gasteiger partial charge in [0.2, 0.25) is 5.91 Å². The summed E-state index contributed by atoms with van der Waals surface area (Å²) in [5.74, 6) is -1.28. The van der Waals surface area contributed by atoms with Crippen molar-refractivity contribution in [2.45, 2.75) is 116 Å². The summed E-state index contributed by atoms with van der Waals surface area (Å²) in [6.07, 6.45) is 22.8. The molecular formula is C26H43NO5. The number of unbranched alkanes of at least 4 members (excludes halogenated alkanes) is 9. The van der Waals surface area contributed by atoms with E-state index < -0.39 is 24.1 Å². The number of carbonyl (C=O) groups excluding carboxylic acids is 3. The van der Waals surface area contributed by atoms with Gasteiger partial charge in [0.1, 0.15) is 6.04 Å².